The smallest absolute Gasteiger partial charge is 0.138 e. The van der Waals surface area contributed by atoms with Gasteiger partial charge in [-0.2, -0.15) is 0 Å². The van der Waals surface area contributed by atoms with E-state index in [1.54, 1.807) is 11.8 Å². The van der Waals surface area contributed by atoms with Gasteiger partial charge in [0.15, 0.2) is 0 Å². The van der Waals surface area contributed by atoms with Crippen molar-refractivity contribution in [3.8, 4) is 5.75 Å². The zero-order valence-corrected chi connectivity index (χ0v) is 10.6. The first-order valence-corrected chi connectivity index (χ1v) is 6.32. The molecule has 2 nitrogen and oxygen atoms in total. The Balaban J connectivity index is 2.52. The van der Waals surface area contributed by atoms with Gasteiger partial charge >= 0.3 is 0 Å². The van der Waals surface area contributed by atoms with Crippen LogP contribution in [0.3, 0.4) is 0 Å². The lowest BCUT2D eigenvalue weighted by Crippen LogP contribution is -2.04. The van der Waals surface area contributed by atoms with Crippen LogP contribution in [0.15, 0.2) is 24.3 Å². The Labute approximate surface area is 100 Å². The SMILES string of the molecule is CCOc1ccc(NC(=S)SCC)cc1. The molecule has 0 fully saturated rings. The molecule has 82 valence electrons. The van der Waals surface area contributed by atoms with Crippen LogP contribution in [0.5, 0.6) is 5.75 Å². The third kappa shape index (κ3) is 4.53. The molecule has 0 amide bonds. The third-order valence-electron chi connectivity index (χ3n) is 1.69. The van der Waals surface area contributed by atoms with Crippen LogP contribution in [-0.4, -0.2) is 16.7 Å². The van der Waals surface area contributed by atoms with Crippen molar-refractivity contribution in [3.63, 3.8) is 0 Å². The Bertz CT molecular complexity index is 311. The highest BCUT2D eigenvalue weighted by Gasteiger charge is 1.97. The van der Waals surface area contributed by atoms with Crippen molar-refractivity contribution < 1.29 is 4.74 Å². The molecule has 4 heteroatoms. The summed E-state index contributed by atoms with van der Waals surface area (Å²) >= 11 is 6.77. The summed E-state index contributed by atoms with van der Waals surface area (Å²) in [4.78, 5) is 0. The van der Waals surface area contributed by atoms with Crippen LogP contribution in [-0.2, 0) is 0 Å². The molecular weight excluding hydrogens is 226 g/mol. The summed E-state index contributed by atoms with van der Waals surface area (Å²) < 4.78 is 6.15. The predicted molar refractivity (Wildman–Crippen MR) is 72.0 cm³/mol. The molecule has 0 aliphatic carbocycles. The fraction of sp³-hybridized carbons (Fsp3) is 0.364. The van der Waals surface area contributed by atoms with Crippen LogP contribution < -0.4 is 10.1 Å². The van der Waals surface area contributed by atoms with Crippen molar-refractivity contribution in [2.24, 2.45) is 0 Å². The summed E-state index contributed by atoms with van der Waals surface area (Å²) in [5.74, 6) is 1.88. The Morgan fingerprint density at radius 2 is 2.00 bits per heavy atom. The van der Waals surface area contributed by atoms with E-state index >= 15 is 0 Å². The van der Waals surface area contributed by atoms with E-state index in [1.165, 1.54) is 0 Å². The maximum atomic E-state index is 5.35. The van der Waals surface area contributed by atoms with Gasteiger partial charge in [-0.1, -0.05) is 30.9 Å². The summed E-state index contributed by atoms with van der Waals surface area (Å²) in [7, 11) is 0. The molecule has 1 N–H and O–H groups in total. The average molecular weight is 241 g/mol. The van der Waals surface area contributed by atoms with E-state index in [1.807, 2.05) is 31.2 Å². The van der Waals surface area contributed by atoms with Crippen molar-refractivity contribution >= 4 is 34.0 Å². The van der Waals surface area contributed by atoms with E-state index in [9.17, 15) is 0 Å². The molecule has 0 aliphatic rings. The minimum Gasteiger partial charge on any atom is -0.494 e. The van der Waals surface area contributed by atoms with Gasteiger partial charge in [0, 0.05) is 5.69 Å². The molecule has 0 radical (unpaired) electrons. The molecule has 0 aromatic heterocycles. The molecule has 0 unspecified atom stereocenters. The minimum atomic E-state index is 0.691. The van der Waals surface area contributed by atoms with Crippen molar-refractivity contribution in [1.82, 2.24) is 0 Å². The van der Waals surface area contributed by atoms with Crippen LogP contribution in [0.25, 0.3) is 0 Å². The van der Waals surface area contributed by atoms with E-state index < -0.39 is 0 Å². The van der Waals surface area contributed by atoms with E-state index in [4.69, 9.17) is 17.0 Å². The van der Waals surface area contributed by atoms with Gasteiger partial charge in [-0.05, 0) is 36.9 Å². The second-order valence-electron chi connectivity index (χ2n) is 2.80. The second-order valence-corrected chi connectivity index (χ2v) is 4.74. The quantitative estimate of drug-likeness (QED) is 0.814. The molecule has 1 aromatic rings. The van der Waals surface area contributed by atoms with Crippen LogP contribution >= 0.6 is 24.0 Å². The summed E-state index contributed by atoms with van der Waals surface area (Å²) in [6.45, 7) is 4.74. The molecule has 1 rings (SSSR count). The number of thiocarbonyl (C=S) groups is 1. The zero-order valence-electron chi connectivity index (χ0n) is 8.95. The minimum absolute atomic E-state index is 0.691. The van der Waals surface area contributed by atoms with Gasteiger partial charge in [0.25, 0.3) is 0 Å². The Kier molecular flexibility index (Phi) is 5.50. The lowest BCUT2D eigenvalue weighted by Gasteiger charge is -2.07. The molecule has 0 heterocycles. The van der Waals surface area contributed by atoms with Crippen molar-refractivity contribution in [3.05, 3.63) is 24.3 Å². The van der Waals surface area contributed by atoms with Crippen LogP contribution in [0.4, 0.5) is 5.69 Å². The van der Waals surface area contributed by atoms with Crippen LogP contribution in [0, 0.1) is 0 Å². The van der Waals surface area contributed by atoms with Crippen molar-refractivity contribution in [1.29, 1.82) is 0 Å². The monoisotopic (exact) mass is 241 g/mol. The van der Waals surface area contributed by atoms with Gasteiger partial charge in [0.05, 0.1) is 6.61 Å². The number of benzene rings is 1. The molecular formula is C11H15NOS2. The van der Waals surface area contributed by atoms with Gasteiger partial charge in [-0.25, -0.2) is 0 Å². The highest BCUT2D eigenvalue weighted by Crippen LogP contribution is 2.17. The highest BCUT2D eigenvalue weighted by atomic mass is 32.2. The molecule has 15 heavy (non-hydrogen) atoms. The Morgan fingerprint density at radius 3 is 2.53 bits per heavy atom. The van der Waals surface area contributed by atoms with Gasteiger partial charge in [-0.3, -0.25) is 0 Å². The largest absolute Gasteiger partial charge is 0.494 e. The number of hydrogen-bond donors (Lipinski definition) is 1. The normalized spacial score (nSPS) is 9.73. The summed E-state index contributed by atoms with van der Waals surface area (Å²) in [6, 6.07) is 7.80. The molecule has 0 spiro atoms. The number of ether oxygens (including phenoxy) is 1. The molecule has 1 aromatic carbocycles. The third-order valence-corrected chi connectivity index (χ3v) is 2.80. The Morgan fingerprint density at radius 1 is 1.33 bits per heavy atom. The maximum Gasteiger partial charge on any atom is 0.138 e. The second kappa shape index (κ2) is 6.69. The zero-order chi connectivity index (χ0) is 11.1. The van der Waals surface area contributed by atoms with Gasteiger partial charge < -0.3 is 10.1 Å². The molecule has 0 aliphatic heterocycles. The topological polar surface area (TPSA) is 21.3 Å². The maximum absolute atomic E-state index is 5.35. The first-order chi connectivity index (χ1) is 7.26. The van der Waals surface area contributed by atoms with Gasteiger partial charge in [0.1, 0.15) is 10.1 Å². The van der Waals surface area contributed by atoms with E-state index in [-0.39, 0.29) is 0 Å². The fourth-order valence-corrected chi connectivity index (χ4v) is 2.01. The Hall–Kier alpha value is -0.740. The standard InChI is InChI=1S/C11H15NOS2/c1-3-13-10-7-5-9(6-8-10)12-11(14)15-4-2/h5-8H,3-4H2,1-2H3,(H,12,14). The fourth-order valence-electron chi connectivity index (χ4n) is 1.09. The number of rotatable bonds is 4. The van der Waals surface area contributed by atoms with Gasteiger partial charge in [0.2, 0.25) is 0 Å². The average Bonchev–Trinajstić information content (AvgIpc) is 2.22. The summed E-state index contributed by atoms with van der Waals surface area (Å²) in [5.41, 5.74) is 1.00. The molecule has 0 atom stereocenters. The number of nitrogens with one attached hydrogen (secondary N) is 1. The van der Waals surface area contributed by atoms with E-state index in [0.717, 1.165) is 21.5 Å². The first kappa shape index (κ1) is 12.3. The van der Waals surface area contributed by atoms with Crippen molar-refractivity contribution in [2.75, 3.05) is 17.7 Å². The lowest BCUT2D eigenvalue weighted by atomic mass is 10.3. The molecule has 0 saturated carbocycles. The summed E-state index contributed by atoms with van der Waals surface area (Å²) in [6.07, 6.45) is 0. The molecule has 0 saturated heterocycles. The molecule has 0 bridgehead atoms. The number of thioether (sulfide) groups is 1. The van der Waals surface area contributed by atoms with E-state index in [0.29, 0.717) is 6.61 Å². The van der Waals surface area contributed by atoms with Crippen molar-refractivity contribution in [2.45, 2.75) is 13.8 Å². The van der Waals surface area contributed by atoms with Crippen LogP contribution in [0.2, 0.25) is 0 Å². The van der Waals surface area contributed by atoms with E-state index in [2.05, 4.69) is 12.2 Å². The summed E-state index contributed by atoms with van der Waals surface area (Å²) in [5, 5.41) is 3.15. The first-order valence-electron chi connectivity index (χ1n) is 4.93. The number of anilines is 1. The highest BCUT2D eigenvalue weighted by molar-refractivity contribution is 8.23. The van der Waals surface area contributed by atoms with Gasteiger partial charge in [-0.15, -0.1) is 0 Å². The van der Waals surface area contributed by atoms with Crippen LogP contribution in [0.1, 0.15) is 13.8 Å². The number of hydrogen-bond acceptors (Lipinski definition) is 3. The lowest BCUT2D eigenvalue weighted by molar-refractivity contribution is 0.340. The predicted octanol–water partition coefficient (Wildman–Crippen LogP) is 3.54.